The molecule has 34 heavy (non-hydrogen) atoms. The van der Waals surface area contributed by atoms with Crippen LogP contribution in [0.1, 0.15) is 29.8 Å². The van der Waals surface area contributed by atoms with Crippen molar-refractivity contribution < 1.29 is 9.18 Å². The van der Waals surface area contributed by atoms with Gasteiger partial charge in [0.25, 0.3) is 0 Å². The highest BCUT2D eigenvalue weighted by Crippen LogP contribution is 2.26. The van der Waals surface area contributed by atoms with Gasteiger partial charge in [0.05, 0.1) is 23.5 Å². The summed E-state index contributed by atoms with van der Waals surface area (Å²) in [4.78, 5) is 20.3. The van der Waals surface area contributed by atoms with Gasteiger partial charge in [0.1, 0.15) is 11.6 Å². The Labute approximate surface area is 199 Å². The molecule has 1 fully saturated rings. The van der Waals surface area contributed by atoms with Gasteiger partial charge >= 0.3 is 0 Å². The van der Waals surface area contributed by atoms with Crippen molar-refractivity contribution in [2.24, 2.45) is 5.92 Å². The number of para-hydroxylation sites is 2. The molecule has 6 heteroatoms. The summed E-state index contributed by atoms with van der Waals surface area (Å²) < 4.78 is 15.7. The number of benzene rings is 3. The van der Waals surface area contributed by atoms with Crippen LogP contribution in [0.4, 0.5) is 10.1 Å². The first-order valence-electron chi connectivity index (χ1n) is 11.8. The number of carbonyl (C=O) groups is 1. The molecular formula is C28H29FN4O. The third kappa shape index (κ3) is 4.46. The molecule has 1 N–H and O–H groups in total. The number of piperidine rings is 1. The van der Waals surface area contributed by atoms with Crippen molar-refractivity contribution in [2.45, 2.75) is 33.2 Å². The zero-order valence-electron chi connectivity index (χ0n) is 19.6. The molecular weight excluding hydrogens is 427 g/mol. The normalized spacial score (nSPS) is 16.6. The summed E-state index contributed by atoms with van der Waals surface area (Å²) in [6.07, 6.45) is 1.84. The minimum Gasteiger partial charge on any atom is -0.326 e. The van der Waals surface area contributed by atoms with Crippen molar-refractivity contribution in [3.05, 3.63) is 89.5 Å². The Bertz CT molecular complexity index is 1330. The number of imidazole rings is 1. The second-order valence-corrected chi connectivity index (χ2v) is 9.14. The summed E-state index contributed by atoms with van der Waals surface area (Å²) >= 11 is 0. The van der Waals surface area contributed by atoms with E-state index < -0.39 is 0 Å². The van der Waals surface area contributed by atoms with E-state index in [0.29, 0.717) is 13.1 Å². The van der Waals surface area contributed by atoms with Crippen LogP contribution < -0.4 is 5.32 Å². The van der Waals surface area contributed by atoms with Crippen LogP contribution in [0.2, 0.25) is 0 Å². The number of aryl methyl sites for hydroxylation is 1. The van der Waals surface area contributed by atoms with E-state index in [1.165, 1.54) is 17.7 Å². The van der Waals surface area contributed by atoms with E-state index in [-0.39, 0.29) is 17.6 Å². The van der Waals surface area contributed by atoms with Crippen molar-refractivity contribution in [1.29, 1.82) is 0 Å². The number of likely N-dealkylation sites (tertiary alicyclic amines) is 1. The fourth-order valence-corrected chi connectivity index (χ4v) is 4.79. The molecule has 5 nitrogen and oxygen atoms in total. The quantitative estimate of drug-likeness (QED) is 0.423. The minimum atomic E-state index is -0.261. The highest BCUT2D eigenvalue weighted by molar-refractivity contribution is 5.93. The Morgan fingerprint density at radius 1 is 1.06 bits per heavy atom. The van der Waals surface area contributed by atoms with E-state index in [9.17, 15) is 9.18 Å². The summed E-state index contributed by atoms with van der Waals surface area (Å²) in [5.41, 5.74) is 5.94. The van der Waals surface area contributed by atoms with Gasteiger partial charge in [-0.05, 0) is 86.8 Å². The molecule has 0 bridgehead atoms. The van der Waals surface area contributed by atoms with Crippen molar-refractivity contribution in [3.8, 4) is 5.69 Å². The average Bonchev–Trinajstić information content (AvgIpc) is 3.20. The lowest BCUT2D eigenvalue weighted by Gasteiger charge is -2.32. The zero-order chi connectivity index (χ0) is 23.7. The van der Waals surface area contributed by atoms with E-state index in [2.05, 4.69) is 27.8 Å². The van der Waals surface area contributed by atoms with Gasteiger partial charge in [0.15, 0.2) is 0 Å². The Morgan fingerprint density at radius 3 is 2.68 bits per heavy atom. The van der Waals surface area contributed by atoms with Gasteiger partial charge in [-0.15, -0.1) is 0 Å². The number of hydrogen-bond acceptors (Lipinski definition) is 3. The van der Waals surface area contributed by atoms with E-state index >= 15 is 0 Å². The zero-order valence-corrected chi connectivity index (χ0v) is 19.6. The number of hydrogen-bond donors (Lipinski definition) is 1. The number of rotatable bonds is 5. The summed E-state index contributed by atoms with van der Waals surface area (Å²) in [7, 11) is 0. The molecule has 0 saturated carbocycles. The number of halogens is 1. The van der Waals surface area contributed by atoms with E-state index in [0.717, 1.165) is 53.2 Å². The van der Waals surface area contributed by atoms with Gasteiger partial charge in [-0.3, -0.25) is 14.3 Å². The second-order valence-electron chi connectivity index (χ2n) is 9.14. The topological polar surface area (TPSA) is 50.2 Å². The van der Waals surface area contributed by atoms with Gasteiger partial charge in [-0.2, -0.15) is 0 Å². The molecule has 2 heterocycles. The van der Waals surface area contributed by atoms with Gasteiger partial charge in [0.2, 0.25) is 5.91 Å². The van der Waals surface area contributed by atoms with Crippen LogP contribution in [-0.4, -0.2) is 33.4 Å². The maximum absolute atomic E-state index is 13.6. The monoisotopic (exact) mass is 456 g/mol. The van der Waals surface area contributed by atoms with Crippen LogP contribution in [-0.2, 0) is 11.3 Å². The molecule has 0 aliphatic carbocycles. The van der Waals surface area contributed by atoms with Crippen LogP contribution >= 0.6 is 0 Å². The number of aromatic nitrogens is 2. The molecule has 4 aromatic rings. The van der Waals surface area contributed by atoms with Gasteiger partial charge in [0, 0.05) is 17.9 Å². The van der Waals surface area contributed by atoms with Gasteiger partial charge in [-0.25, -0.2) is 9.37 Å². The number of fused-ring (bicyclic) bond motifs is 1. The molecule has 0 unspecified atom stereocenters. The number of nitrogens with zero attached hydrogens (tertiary/aromatic N) is 3. The molecule has 1 aliphatic heterocycles. The van der Waals surface area contributed by atoms with Crippen molar-refractivity contribution in [3.63, 3.8) is 0 Å². The standard InChI is InChI=1S/C28H29FN4O/c1-19-7-5-10-24(20(19)2)31-28(34)21-8-6-16-32(17-21)18-27-30-25-9-3-4-11-26(25)33(27)23-14-12-22(29)13-15-23/h3-5,7,9-15,21H,6,8,16-18H2,1-2H3,(H,31,34)/t21-/m0/s1. The SMILES string of the molecule is Cc1cccc(NC(=O)[C@H]2CCCN(Cc3nc4ccccc4n3-c3ccc(F)cc3)C2)c1C. The number of amides is 1. The first kappa shape index (κ1) is 22.3. The van der Waals surface area contributed by atoms with Crippen LogP contribution in [0.3, 0.4) is 0 Å². The maximum Gasteiger partial charge on any atom is 0.228 e. The molecule has 1 amide bonds. The molecule has 1 atom stereocenters. The van der Waals surface area contributed by atoms with Crippen LogP contribution in [0.15, 0.2) is 66.7 Å². The molecule has 3 aromatic carbocycles. The smallest absolute Gasteiger partial charge is 0.228 e. The summed E-state index contributed by atoms with van der Waals surface area (Å²) in [5, 5.41) is 3.15. The lowest BCUT2D eigenvalue weighted by molar-refractivity contribution is -0.121. The Balaban J connectivity index is 1.37. The van der Waals surface area contributed by atoms with Gasteiger partial charge < -0.3 is 5.32 Å². The lowest BCUT2D eigenvalue weighted by Crippen LogP contribution is -2.40. The van der Waals surface area contributed by atoms with E-state index in [4.69, 9.17) is 4.98 Å². The highest BCUT2D eigenvalue weighted by Gasteiger charge is 2.27. The predicted octanol–water partition coefficient (Wildman–Crippen LogP) is 5.63. The summed E-state index contributed by atoms with van der Waals surface area (Å²) in [5.74, 6) is 0.634. The second kappa shape index (κ2) is 9.39. The molecule has 0 radical (unpaired) electrons. The molecule has 1 aromatic heterocycles. The third-order valence-electron chi connectivity index (χ3n) is 6.82. The first-order chi connectivity index (χ1) is 16.5. The van der Waals surface area contributed by atoms with Crippen LogP contribution in [0.5, 0.6) is 0 Å². The van der Waals surface area contributed by atoms with Gasteiger partial charge in [-0.1, -0.05) is 24.3 Å². The van der Waals surface area contributed by atoms with Crippen molar-refractivity contribution in [1.82, 2.24) is 14.5 Å². The molecule has 1 aliphatic rings. The number of nitrogens with one attached hydrogen (secondary N) is 1. The lowest BCUT2D eigenvalue weighted by atomic mass is 9.96. The summed E-state index contributed by atoms with van der Waals surface area (Å²) in [6, 6.07) is 20.5. The van der Waals surface area contributed by atoms with Crippen molar-refractivity contribution in [2.75, 3.05) is 18.4 Å². The largest absolute Gasteiger partial charge is 0.326 e. The van der Waals surface area contributed by atoms with Crippen LogP contribution in [0.25, 0.3) is 16.7 Å². The predicted molar refractivity (Wildman–Crippen MR) is 134 cm³/mol. The van der Waals surface area contributed by atoms with E-state index in [1.54, 1.807) is 12.1 Å². The number of carbonyl (C=O) groups excluding carboxylic acids is 1. The van der Waals surface area contributed by atoms with Crippen molar-refractivity contribution >= 4 is 22.6 Å². The molecule has 1 saturated heterocycles. The van der Waals surface area contributed by atoms with Crippen LogP contribution in [0, 0.1) is 25.6 Å². The fraction of sp³-hybridized carbons (Fsp3) is 0.286. The Morgan fingerprint density at radius 2 is 1.85 bits per heavy atom. The summed E-state index contributed by atoms with van der Waals surface area (Å²) in [6.45, 7) is 6.32. The third-order valence-corrected chi connectivity index (χ3v) is 6.82. The number of anilines is 1. The Kier molecular flexibility index (Phi) is 6.16. The molecule has 5 rings (SSSR count). The average molecular weight is 457 g/mol. The first-order valence-corrected chi connectivity index (χ1v) is 11.8. The maximum atomic E-state index is 13.6. The molecule has 0 spiro atoms. The minimum absolute atomic E-state index is 0.0719. The Hall–Kier alpha value is -3.51. The van der Waals surface area contributed by atoms with E-state index in [1.807, 2.05) is 43.3 Å². The molecule has 174 valence electrons. The highest BCUT2D eigenvalue weighted by atomic mass is 19.1. The fourth-order valence-electron chi connectivity index (χ4n) is 4.79.